The minimum atomic E-state index is -1.08. The lowest BCUT2D eigenvalue weighted by Gasteiger charge is -2.38. The first-order valence-electron chi connectivity index (χ1n) is 11.1. The minimum absolute atomic E-state index is 0.0620. The van der Waals surface area contributed by atoms with Crippen molar-refractivity contribution in [3.05, 3.63) is 12.2 Å². The summed E-state index contributed by atoms with van der Waals surface area (Å²) in [4.78, 5) is 13.1. The van der Waals surface area contributed by atoms with Crippen LogP contribution in [0.25, 0.3) is 0 Å². The molecule has 4 atom stereocenters. The molecule has 0 aromatic carbocycles. The molecule has 2 fully saturated rings. The van der Waals surface area contributed by atoms with E-state index in [-0.39, 0.29) is 12.1 Å². The molecule has 27 heavy (non-hydrogen) atoms. The summed E-state index contributed by atoms with van der Waals surface area (Å²) in [6.07, 6.45) is 11.5. The summed E-state index contributed by atoms with van der Waals surface area (Å²) < 4.78 is 11.9. The lowest BCUT2D eigenvalue weighted by molar-refractivity contribution is -0.186. The zero-order valence-electron chi connectivity index (χ0n) is 17.8. The second kappa shape index (κ2) is 10.6. The van der Waals surface area contributed by atoms with E-state index in [0.717, 1.165) is 38.5 Å². The summed E-state index contributed by atoms with van der Waals surface area (Å²) in [5.41, 5.74) is -1.08. The highest BCUT2D eigenvalue weighted by atomic mass is 16.6. The Morgan fingerprint density at radius 2 is 1.93 bits per heavy atom. The van der Waals surface area contributed by atoms with E-state index in [4.69, 9.17) is 9.47 Å². The highest BCUT2D eigenvalue weighted by Crippen LogP contribution is 2.38. The molecule has 0 spiro atoms. The predicted molar refractivity (Wildman–Crippen MR) is 108 cm³/mol. The summed E-state index contributed by atoms with van der Waals surface area (Å²) in [5, 5.41) is 11.0. The van der Waals surface area contributed by atoms with Crippen molar-refractivity contribution in [3.8, 4) is 0 Å². The molecule has 0 amide bonds. The Hall–Kier alpha value is -0.870. The Bertz CT molecular complexity index is 479. The molecule has 0 heterocycles. The van der Waals surface area contributed by atoms with Crippen LogP contribution < -0.4 is 0 Å². The molecule has 2 aliphatic rings. The molecule has 2 aliphatic carbocycles. The second-order valence-electron chi connectivity index (χ2n) is 9.09. The van der Waals surface area contributed by atoms with E-state index >= 15 is 0 Å². The quantitative estimate of drug-likeness (QED) is 0.450. The molecule has 0 aromatic rings. The van der Waals surface area contributed by atoms with Gasteiger partial charge in [0.2, 0.25) is 0 Å². The van der Waals surface area contributed by atoms with Crippen LogP contribution in [0.2, 0.25) is 0 Å². The Labute approximate surface area is 165 Å². The topological polar surface area (TPSA) is 55.8 Å². The van der Waals surface area contributed by atoms with Gasteiger partial charge in [-0.2, -0.15) is 0 Å². The Morgan fingerprint density at radius 3 is 2.56 bits per heavy atom. The molecule has 2 saturated carbocycles. The molecule has 0 aliphatic heterocycles. The van der Waals surface area contributed by atoms with E-state index in [0.29, 0.717) is 37.2 Å². The first-order valence-corrected chi connectivity index (χ1v) is 11.1. The minimum Gasteiger partial charge on any atom is -0.460 e. The number of allylic oxidation sites excluding steroid dienone is 1. The van der Waals surface area contributed by atoms with E-state index in [1.807, 2.05) is 6.08 Å². The number of unbranched alkanes of at least 4 members (excludes halogenated alkanes) is 1. The highest BCUT2D eigenvalue weighted by molar-refractivity contribution is 5.76. The maximum atomic E-state index is 13.1. The van der Waals surface area contributed by atoms with Gasteiger partial charge in [-0.1, -0.05) is 65.5 Å². The van der Waals surface area contributed by atoms with Crippen LogP contribution in [0.5, 0.6) is 0 Å². The number of esters is 1. The van der Waals surface area contributed by atoms with Gasteiger partial charge in [0.25, 0.3) is 0 Å². The fraction of sp³-hybridized carbons (Fsp3) is 0.870. The first kappa shape index (κ1) is 22.4. The van der Waals surface area contributed by atoms with E-state index in [1.165, 1.54) is 6.42 Å². The smallest absolute Gasteiger partial charge is 0.338 e. The van der Waals surface area contributed by atoms with Crippen LogP contribution in [0.1, 0.15) is 85.5 Å². The molecule has 156 valence electrons. The maximum Gasteiger partial charge on any atom is 0.338 e. The summed E-state index contributed by atoms with van der Waals surface area (Å²) in [6.45, 7) is 9.12. The van der Waals surface area contributed by atoms with Gasteiger partial charge in [-0.25, -0.2) is 4.79 Å². The van der Waals surface area contributed by atoms with Gasteiger partial charge in [-0.15, -0.1) is 0 Å². The molecule has 2 rings (SSSR count). The molecule has 0 radical (unpaired) electrons. The van der Waals surface area contributed by atoms with Crippen molar-refractivity contribution in [2.75, 3.05) is 6.61 Å². The van der Waals surface area contributed by atoms with Crippen molar-refractivity contribution in [2.45, 2.75) is 103 Å². The average Bonchev–Trinajstić information content (AvgIpc) is 3.05. The maximum absolute atomic E-state index is 13.1. The molecule has 1 unspecified atom stereocenters. The number of carbonyl (C=O) groups excluding carboxylic acids is 1. The van der Waals surface area contributed by atoms with Gasteiger partial charge in [-0.05, 0) is 49.9 Å². The van der Waals surface area contributed by atoms with Crippen molar-refractivity contribution < 1.29 is 19.4 Å². The summed E-state index contributed by atoms with van der Waals surface area (Å²) >= 11 is 0. The van der Waals surface area contributed by atoms with Crippen molar-refractivity contribution in [3.63, 3.8) is 0 Å². The summed E-state index contributed by atoms with van der Waals surface area (Å²) in [7, 11) is 0. The lowest BCUT2D eigenvalue weighted by atomic mass is 9.75. The summed E-state index contributed by atoms with van der Waals surface area (Å²) in [5.74, 6) is 1.09. The van der Waals surface area contributed by atoms with Crippen LogP contribution in [0.15, 0.2) is 12.2 Å². The van der Waals surface area contributed by atoms with Crippen LogP contribution in [-0.2, 0) is 14.3 Å². The van der Waals surface area contributed by atoms with Gasteiger partial charge in [-0.3, -0.25) is 0 Å². The molecule has 0 bridgehead atoms. The first-order chi connectivity index (χ1) is 12.9. The summed E-state index contributed by atoms with van der Waals surface area (Å²) in [6, 6.07) is 0. The van der Waals surface area contributed by atoms with Crippen molar-refractivity contribution in [1.82, 2.24) is 0 Å². The van der Waals surface area contributed by atoms with Crippen molar-refractivity contribution in [1.29, 1.82) is 0 Å². The van der Waals surface area contributed by atoms with Gasteiger partial charge in [0.05, 0.1) is 6.61 Å². The van der Waals surface area contributed by atoms with Gasteiger partial charge in [0, 0.05) is 0 Å². The third-order valence-electron chi connectivity index (χ3n) is 6.38. The fourth-order valence-electron chi connectivity index (χ4n) is 4.66. The zero-order chi connectivity index (χ0) is 19.9. The zero-order valence-corrected chi connectivity index (χ0v) is 17.8. The van der Waals surface area contributed by atoms with Gasteiger partial charge in [0.1, 0.15) is 11.7 Å². The third-order valence-corrected chi connectivity index (χ3v) is 6.38. The predicted octanol–water partition coefficient (Wildman–Crippen LogP) is 5.04. The fourth-order valence-corrected chi connectivity index (χ4v) is 4.66. The number of hydrogen-bond acceptors (Lipinski definition) is 4. The number of aliphatic hydroxyl groups is 1. The normalized spacial score (nSPS) is 29.3. The molecule has 4 heteroatoms. The van der Waals surface area contributed by atoms with Crippen LogP contribution >= 0.6 is 0 Å². The Morgan fingerprint density at radius 1 is 1.22 bits per heavy atom. The van der Waals surface area contributed by atoms with E-state index < -0.39 is 11.7 Å². The monoisotopic (exact) mass is 380 g/mol. The standard InChI is InChI=1S/C23H40O4/c1-5-6-7-10-15-26-21(23(25)13-8-9-14-23)22(24)27-20-16-18(4)11-12-19(20)17(2)3/h7,10,17-21,25H,5-6,8-9,11-16H2,1-4H3/b10-7-/t18-,19+,20-,21?/m1/s1. The molecular formula is C23H40O4. The van der Waals surface area contributed by atoms with Crippen LogP contribution in [0.4, 0.5) is 0 Å². The molecule has 4 nitrogen and oxygen atoms in total. The van der Waals surface area contributed by atoms with Gasteiger partial charge >= 0.3 is 5.97 Å². The number of carbonyl (C=O) groups is 1. The Kier molecular flexibility index (Phi) is 8.81. The highest BCUT2D eigenvalue weighted by Gasteiger charge is 2.46. The van der Waals surface area contributed by atoms with Gasteiger partial charge < -0.3 is 14.6 Å². The SMILES string of the molecule is CCC/C=C\COC(C(=O)O[C@@H]1C[C@H](C)CC[C@H]1C(C)C)C1(O)CCCC1. The molecular weight excluding hydrogens is 340 g/mol. The number of rotatable bonds is 9. The lowest BCUT2D eigenvalue weighted by Crippen LogP contribution is -2.49. The van der Waals surface area contributed by atoms with E-state index in [9.17, 15) is 9.90 Å². The van der Waals surface area contributed by atoms with Crippen LogP contribution in [0, 0.1) is 17.8 Å². The third kappa shape index (κ3) is 6.32. The number of ether oxygens (including phenoxy) is 2. The average molecular weight is 381 g/mol. The molecule has 0 aromatic heterocycles. The van der Waals surface area contributed by atoms with Gasteiger partial charge in [0.15, 0.2) is 6.10 Å². The van der Waals surface area contributed by atoms with Crippen LogP contribution in [-0.4, -0.2) is 35.5 Å². The van der Waals surface area contributed by atoms with Crippen LogP contribution in [0.3, 0.4) is 0 Å². The molecule has 1 N–H and O–H groups in total. The second-order valence-corrected chi connectivity index (χ2v) is 9.09. The number of hydrogen-bond donors (Lipinski definition) is 1. The molecule has 0 saturated heterocycles. The van der Waals surface area contributed by atoms with E-state index in [1.54, 1.807) is 0 Å². The van der Waals surface area contributed by atoms with E-state index in [2.05, 4.69) is 33.8 Å². The Balaban J connectivity index is 2.05. The van der Waals surface area contributed by atoms with Crippen molar-refractivity contribution in [2.24, 2.45) is 17.8 Å². The largest absolute Gasteiger partial charge is 0.460 e. The van der Waals surface area contributed by atoms with Crippen molar-refractivity contribution >= 4 is 5.97 Å².